The third-order valence-electron chi connectivity index (χ3n) is 9.91. The Bertz CT molecular complexity index is 832. The molecule has 0 aliphatic heterocycles. The van der Waals surface area contributed by atoms with Crippen LogP contribution < -0.4 is 0 Å². The van der Waals surface area contributed by atoms with Crippen molar-refractivity contribution in [2.24, 2.45) is 0 Å². The lowest BCUT2D eigenvalue weighted by Gasteiger charge is -2.15. The van der Waals surface area contributed by atoms with Gasteiger partial charge in [-0.05, 0) is 70.6 Å². The van der Waals surface area contributed by atoms with Gasteiger partial charge in [0, 0.05) is 12.8 Å². The molecule has 0 aliphatic carbocycles. The highest BCUT2D eigenvalue weighted by Gasteiger charge is 2.16. The Kier molecular flexibility index (Phi) is 42.0. The summed E-state index contributed by atoms with van der Waals surface area (Å²) < 4.78 is 10.6. The molecule has 0 aromatic heterocycles. The van der Waals surface area contributed by atoms with Crippen molar-refractivity contribution in [3.8, 4) is 0 Å². The monoisotopic (exact) mass is 731 g/mol. The number of carbonyl (C=O) groups is 2. The van der Waals surface area contributed by atoms with Crippen LogP contribution in [0.15, 0.2) is 36.5 Å². The van der Waals surface area contributed by atoms with E-state index in [9.17, 15) is 14.7 Å². The quantitative estimate of drug-likeness (QED) is 0.0385. The first-order chi connectivity index (χ1) is 25.6. The van der Waals surface area contributed by atoms with Crippen molar-refractivity contribution >= 4 is 11.9 Å². The van der Waals surface area contributed by atoms with Gasteiger partial charge in [0.2, 0.25) is 0 Å². The Labute approximate surface area is 323 Å². The molecule has 1 unspecified atom stereocenters. The molecular weight excluding hydrogens is 645 g/mol. The number of allylic oxidation sites excluding steroid dienone is 6. The lowest BCUT2D eigenvalue weighted by atomic mass is 10.1. The van der Waals surface area contributed by atoms with Crippen molar-refractivity contribution in [1.29, 1.82) is 0 Å². The molecule has 0 spiro atoms. The maximum Gasteiger partial charge on any atom is 0.306 e. The van der Waals surface area contributed by atoms with E-state index in [1.54, 1.807) is 0 Å². The van der Waals surface area contributed by atoms with Crippen molar-refractivity contribution in [3.63, 3.8) is 0 Å². The highest BCUT2D eigenvalue weighted by Crippen LogP contribution is 2.14. The number of hydrogen-bond donors (Lipinski definition) is 1. The van der Waals surface area contributed by atoms with Gasteiger partial charge in [0.1, 0.15) is 6.61 Å². The molecule has 304 valence electrons. The molecule has 0 fully saturated rings. The molecule has 1 N–H and O–H groups in total. The number of hydrogen-bond acceptors (Lipinski definition) is 5. The van der Waals surface area contributed by atoms with Crippen molar-refractivity contribution in [1.82, 2.24) is 0 Å². The molecular formula is C47H86O5. The third-order valence-corrected chi connectivity index (χ3v) is 9.91. The van der Waals surface area contributed by atoms with E-state index in [1.165, 1.54) is 161 Å². The van der Waals surface area contributed by atoms with E-state index in [0.717, 1.165) is 44.9 Å². The van der Waals surface area contributed by atoms with Crippen molar-refractivity contribution in [2.75, 3.05) is 13.2 Å². The Morgan fingerprint density at radius 2 is 0.769 bits per heavy atom. The number of aliphatic hydroxyl groups is 1. The first-order valence-electron chi connectivity index (χ1n) is 22.5. The minimum Gasteiger partial charge on any atom is -0.462 e. The molecule has 0 heterocycles. The number of unbranched alkanes of at least 4 members (excludes halogenated alkanes) is 27. The van der Waals surface area contributed by atoms with Crippen molar-refractivity contribution in [3.05, 3.63) is 36.5 Å². The number of aliphatic hydroxyl groups excluding tert-OH is 1. The van der Waals surface area contributed by atoms with Gasteiger partial charge in [-0.3, -0.25) is 9.59 Å². The highest BCUT2D eigenvalue weighted by molar-refractivity contribution is 5.70. The van der Waals surface area contributed by atoms with Crippen LogP contribution in [0.4, 0.5) is 0 Å². The Morgan fingerprint density at radius 3 is 1.19 bits per heavy atom. The summed E-state index contributed by atoms with van der Waals surface area (Å²) in [4.78, 5) is 24.4. The van der Waals surface area contributed by atoms with Gasteiger partial charge in [-0.15, -0.1) is 0 Å². The Morgan fingerprint density at radius 1 is 0.442 bits per heavy atom. The minimum absolute atomic E-state index is 0.0667. The summed E-state index contributed by atoms with van der Waals surface area (Å²) in [6.07, 6.45) is 53.5. The maximum atomic E-state index is 12.2. The van der Waals surface area contributed by atoms with Gasteiger partial charge >= 0.3 is 11.9 Å². The lowest BCUT2D eigenvalue weighted by molar-refractivity contribution is -0.161. The van der Waals surface area contributed by atoms with Crippen LogP contribution in [-0.4, -0.2) is 36.4 Å². The van der Waals surface area contributed by atoms with Crippen molar-refractivity contribution in [2.45, 2.75) is 238 Å². The highest BCUT2D eigenvalue weighted by atomic mass is 16.6. The van der Waals surface area contributed by atoms with Gasteiger partial charge in [-0.25, -0.2) is 0 Å². The van der Waals surface area contributed by atoms with Gasteiger partial charge < -0.3 is 14.6 Å². The summed E-state index contributed by atoms with van der Waals surface area (Å²) in [5.74, 6) is -0.591. The molecule has 0 amide bonds. The molecule has 0 aromatic carbocycles. The molecule has 0 saturated carbocycles. The summed E-state index contributed by atoms with van der Waals surface area (Å²) in [5.41, 5.74) is 0. The van der Waals surface area contributed by atoms with E-state index in [1.807, 2.05) is 0 Å². The van der Waals surface area contributed by atoms with Gasteiger partial charge in [-0.2, -0.15) is 0 Å². The molecule has 5 nitrogen and oxygen atoms in total. The molecule has 0 bridgehead atoms. The van der Waals surface area contributed by atoms with Crippen LogP contribution in [0.25, 0.3) is 0 Å². The number of esters is 2. The largest absolute Gasteiger partial charge is 0.462 e. The van der Waals surface area contributed by atoms with Crippen LogP contribution in [0.5, 0.6) is 0 Å². The van der Waals surface area contributed by atoms with Crippen LogP contribution in [0.3, 0.4) is 0 Å². The standard InChI is InChI=1S/C47H86O5/c1-3-5-7-9-11-13-15-17-19-21-23-25-27-29-31-33-35-37-39-41-46(49)51-44-45(43-48)52-47(50)42-40-38-36-34-32-30-28-26-24-22-20-18-16-14-12-10-8-6-4-2/h12,14,17-20,45,48H,3-11,13,15-16,21-44H2,1-2H3/b14-12-,19-17-,20-18-. The van der Waals surface area contributed by atoms with Gasteiger partial charge in [0.25, 0.3) is 0 Å². The average Bonchev–Trinajstić information content (AvgIpc) is 3.15. The second kappa shape index (κ2) is 43.5. The molecule has 0 saturated heterocycles. The second-order valence-electron chi connectivity index (χ2n) is 15.1. The fourth-order valence-electron chi connectivity index (χ4n) is 6.46. The van der Waals surface area contributed by atoms with Crippen LogP contribution >= 0.6 is 0 Å². The molecule has 0 aromatic rings. The third kappa shape index (κ3) is 40.9. The first-order valence-corrected chi connectivity index (χ1v) is 22.5. The summed E-state index contributed by atoms with van der Waals surface area (Å²) in [6, 6.07) is 0. The van der Waals surface area contributed by atoms with E-state index in [2.05, 4.69) is 50.3 Å². The van der Waals surface area contributed by atoms with Gasteiger partial charge in [0.05, 0.1) is 6.61 Å². The SMILES string of the molecule is CCCCC/C=C\C/C=C\CCCCCCCCCCCC(=O)OC(CO)COC(=O)CCCCCCCCCCC/C=C\CCCCCCCC. The zero-order valence-electron chi connectivity index (χ0n) is 34.6. The summed E-state index contributed by atoms with van der Waals surface area (Å²) in [7, 11) is 0. The molecule has 0 aliphatic rings. The molecule has 0 rings (SSSR count). The van der Waals surface area contributed by atoms with Crippen LogP contribution in [0.2, 0.25) is 0 Å². The van der Waals surface area contributed by atoms with Crippen LogP contribution in [0.1, 0.15) is 232 Å². The lowest BCUT2D eigenvalue weighted by Crippen LogP contribution is -2.28. The predicted molar refractivity (Wildman–Crippen MR) is 224 cm³/mol. The number of carbonyl (C=O) groups excluding carboxylic acids is 2. The molecule has 0 radical (unpaired) electrons. The van der Waals surface area contributed by atoms with E-state index in [0.29, 0.717) is 12.8 Å². The topological polar surface area (TPSA) is 72.8 Å². The first kappa shape index (κ1) is 50.1. The van der Waals surface area contributed by atoms with Crippen molar-refractivity contribution < 1.29 is 24.2 Å². The molecule has 5 heteroatoms. The summed E-state index contributed by atoms with van der Waals surface area (Å²) in [5, 5.41) is 9.59. The Balaban J connectivity index is 3.52. The zero-order valence-corrected chi connectivity index (χ0v) is 34.6. The maximum absolute atomic E-state index is 12.2. The fraction of sp³-hybridized carbons (Fsp3) is 0.830. The smallest absolute Gasteiger partial charge is 0.306 e. The normalized spacial score (nSPS) is 12.4. The van der Waals surface area contributed by atoms with E-state index >= 15 is 0 Å². The fourth-order valence-corrected chi connectivity index (χ4v) is 6.46. The number of rotatable bonds is 41. The minimum atomic E-state index is -0.773. The van der Waals surface area contributed by atoms with E-state index in [4.69, 9.17) is 9.47 Å². The average molecular weight is 731 g/mol. The van der Waals surface area contributed by atoms with Crippen LogP contribution in [0, 0.1) is 0 Å². The summed E-state index contributed by atoms with van der Waals surface area (Å²) >= 11 is 0. The molecule has 1 atom stereocenters. The molecule has 52 heavy (non-hydrogen) atoms. The second-order valence-corrected chi connectivity index (χ2v) is 15.1. The zero-order chi connectivity index (χ0) is 37.8. The predicted octanol–water partition coefficient (Wildman–Crippen LogP) is 14.4. The number of ether oxygens (including phenoxy) is 2. The van der Waals surface area contributed by atoms with Crippen LogP contribution in [-0.2, 0) is 19.1 Å². The van der Waals surface area contributed by atoms with Gasteiger partial charge in [0.15, 0.2) is 6.10 Å². The van der Waals surface area contributed by atoms with E-state index in [-0.39, 0.29) is 25.2 Å². The Hall–Kier alpha value is -1.88. The van der Waals surface area contributed by atoms with E-state index < -0.39 is 6.10 Å². The van der Waals surface area contributed by atoms with Gasteiger partial charge in [-0.1, -0.05) is 185 Å². The summed E-state index contributed by atoms with van der Waals surface area (Å²) in [6.45, 7) is 4.12.